The number of aryl methyl sites for hydroxylation is 2. The van der Waals surface area contributed by atoms with Crippen molar-refractivity contribution in [3.63, 3.8) is 0 Å². The van der Waals surface area contributed by atoms with Crippen LogP contribution in [0, 0.1) is 23.7 Å². The van der Waals surface area contributed by atoms with E-state index >= 15 is 0 Å². The van der Waals surface area contributed by atoms with E-state index in [4.69, 9.17) is 16.8 Å². The molecule has 1 aliphatic carbocycles. The molecule has 0 bridgehead atoms. The molecule has 96 valence electrons. The van der Waals surface area contributed by atoms with Gasteiger partial charge in [-0.1, -0.05) is 0 Å². The van der Waals surface area contributed by atoms with E-state index in [1.165, 1.54) is 0 Å². The summed E-state index contributed by atoms with van der Waals surface area (Å²) in [7, 11) is 0. The second-order valence-corrected chi connectivity index (χ2v) is 4.40. The number of hydrogen-bond acceptors (Lipinski definition) is 4. The highest BCUT2D eigenvalue weighted by Crippen LogP contribution is 2.25. The highest BCUT2D eigenvalue weighted by molar-refractivity contribution is 5.78. The molecule has 1 heterocycles. The molecule has 0 radical (unpaired) electrons. The van der Waals surface area contributed by atoms with E-state index in [1.54, 1.807) is 6.07 Å². The van der Waals surface area contributed by atoms with E-state index in [-0.39, 0.29) is 6.42 Å². The Morgan fingerprint density at radius 3 is 3.05 bits per heavy atom. The molecule has 0 spiro atoms. The molecule has 0 amide bonds. The topological polar surface area (TPSA) is 86.0 Å². The van der Waals surface area contributed by atoms with Gasteiger partial charge in [0.15, 0.2) is 0 Å². The first kappa shape index (κ1) is 12.9. The van der Waals surface area contributed by atoms with E-state index in [0.29, 0.717) is 11.4 Å². The second kappa shape index (κ2) is 5.41. The van der Waals surface area contributed by atoms with Crippen molar-refractivity contribution >= 4 is 11.8 Å². The normalized spacial score (nSPS) is 14.0. The van der Waals surface area contributed by atoms with Gasteiger partial charge in [-0.25, -0.2) is 9.78 Å². The largest absolute Gasteiger partial charge is 0.480 e. The minimum Gasteiger partial charge on any atom is -0.480 e. The number of hydrogen-bond donors (Lipinski definition) is 2. The molecule has 1 unspecified atom stereocenters. The van der Waals surface area contributed by atoms with E-state index in [9.17, 15) is 4.79 Å². The van der Waals surface area contributed by atoms with Gasteiger partial charge < -0.3 is 10.4 Å². The number of aliphatic carboxylic acids is 1. The van der Waals surface area contributed by atoms with Crippen molar-refractivity contribution in [3.05, 3.63) is 22.9 Å². The van der Waals surface area contributed by atoms with Crippen LogP contribution in [-0.2, 0) is 17.6 Å². The van der Waals surface area contributed by atoms with Crippen LogP contribution in [-0.4, -0.2) is 22.1 Å². The van der Waals surface area contributed by atoms with Crippen molar-refractivity contribution in [2.75, 3.05) is 5.32 Å². The minimum absolute atomic E-state index is 0.0406. The third kappa shape index (κ3) is 2.66. The van der Waals surface area contributed by atoms with Gasteiger partial charge in [0.25, 0.3) is 0 Å². The van der Waals surface area contributed by atoms with Crippen LogP contribution in [0.25, 0.3) is 0 Å². The lowest BCUT2D eigenvalue weighted by atomic mass is 10.1. The lowest BCUT2D eigenvalue weighted by Crippen LogP contribution is -2.29. The van der Waals surface area contributed by atoms with Crippen molar-refractivity contribution in [2.45, 2.75) is 31.7 Å². The van der Waals surface area contributed by atoms with Gasteiger partial charge in [0, 0.05) is 12.1 Å². The summed E-state index contributed by atoms with van der Waals surface area (Å²) in [5, 5.41) is 20.9. The summed E-state index contributed by atoms with van der Waals surface area (Å²) in [5.74, 6) is 1.56. The lowest BCUT2D eigenvalue weighted by molar-refractivity contribution is -0.137. The van der Waals surface area contributed by atoms with Crippen LogP contribution in [0.3, 0.4) is 0 Å². The van der Waals surface area contributed by atoms with E-state index in [2.05, 4.69) is 16.2 Å². The van der Waals surface area contributed by atoms with Crippen molar-refractivity contribution in [1.82, 2.24) is 4.98 Å². The van der Waals surface area contributed by atoms with Gasteiger partial charge in [-0.3, -0.25) is 0 Å². The fourth-order valence-corrected chi connectivity index (χ4v) is 2.15. The zero-order valence-electron chi connectivity index (χ0n) is 10.3. The van der Waals surface area contributed by atoms with Gasteiger partial charge in [-0.15, -0.1) is 12.3 Å². The fraction of sp³-hybridized carbons (Fsp3) is 0.357. The van der Waals surface area contributed by atoms with Gasteiger partial charge in [-0.2, -0.15) is 5.26 Å². The zero-order chi connectivity index (χ0) is 13.8. The third-order valence-corrected chi connectivity index (χ3v) is 3.10. The summed E-state index contributed by atoms with van der Waals surface area (Å²) in [6.07, 6.45) is 7.99. The Morgan fingerprint density at radius 2 is 2.42 bits per heavy atom. The van der Waals surface area contributed by atoms with Crippen molar-refractivity contribution < 1.29 is 9.90 Å². The summed E-state index contributed by atoms with van der Waals surface area (Å²) < 4.78 is 0. The summed E-state index contributed by atoms with van der Waals surface area (Å²) in [6.45, 7) is 0. The van der Waals surface area contributed by atoms with E-state index in [0.717, 1.165) is 30.5 Å². The lowest BCUT2D eigenvalue weighted by Gasteiger charge is -2.14. The summed E-state index contributed by atoms with van der Waals surface area (Å²) in [5.41, 5.74) is 2.38. The average Bonchev–Trinajstić information content (AvgIpc) is 2.84. The number of aromatic nitrogens is 1. The van der Waals surface area contributed by atoms with Crippen molar-refractivity contribution in [3.8, 4) is 18.4 Å². The highest BCUT2D eigenvalue weighted by atomic mass is 16.4. The second-order valence-electron chi connectivity index (χ2n) is 4.40. The Bertz CT molecular complexity index is 596. The third-order valence-electron chi connectivity index (χ3n) is 3.10. The molecule has 19 heavy (non-hydrogen) atoms. The predicted molar refractivity (Wildman–Crippen MR) is 69.5 cm³/mol. The number of nitriles is 1. The molecule has 5 nitrogen and oxygen atoms in total. The number of pyridine rings is 1. The van der Waals surface area contributed by atoms with Crippen LogP contribution in [0.1, 0.15) is 29.7 Å². The Morgan fingerprint density at radius 1 is 1.63 bits per heavy atom. The number of carboxylic acid groups (broad SMARTS) is 1. The fourth-order valence-electron chi connectivity index (χ4n) is 2.15. The van der Waals surface area contributed by atoms with Crippen LogP contribution in [0.15, 0.2) is 6.07 Å². The molecule has 0 saturated heterocycles. The smallest absolute Gasteiger partial charge is 0.327 e. The van der Waals surface area contributed by atoms with Gasteiger partial charge >= 0.3 is 5.97 Å². The minimum atomic E-state index is -1.05. The Hall–Kier alpha value is -2.53. The molecule has 1 aliphatic rings. The molecular formula is C14H13N3O2. The zero-order valence-corrected chi connectivity index (χ0v) is 10.3. The molecule has 1 aromatic heterocycles. The van der Waals surface area contributed by atoms with E-state index in [1.807, 2.05) is 6.07 Å². The van der Waals surface area contributed by atoms with Crippen LogP contribution >= 0.6 is 0 Å². The molecule has 2 N–H and O–H groups in total. The molecule has 0 aromatic carbocycles. The van der Waals surface area contributed by atoms with Gasteiger partial charge in [0.05, 0.1) is 5.56 Å². The molecule has 2 rings (SSSR count). The van der Waals surface area contributed by atoms with Crippen LogP contribution in [0.5, 0.6) is 0 Å². The molecular weight excluding hydrogens is 242 g/mol. The SMILES string of the molecule is C#CCC(Nc1nc2c(cc1C#N)CCC2)C(=O)O. The molecule has 0 fully saturated rings. The first-order chi connectivity index (χ1) is 9.15. The molecule has 1 aromatic rings. The first-order valence-corrected chi connectivity index (χ1v) is 6.01. The monoisotopic (exact) mass is 255 g/mol. The number of rotatable bonds is 4. The van der Waals surface area contributed by atoms with Crippen molar-refractivity contribution in [1.29, 1.82) is 5.26 Å². The maximum absolute atomic E-state index is 11.1. The molecule has 0 aliphatic heterocycles. The van der Waals surface area contributed by atoms with Crippen LogP contribution in [0.2, 0.25) is 0 Å². The quantitative estimate of drug-likeness (QED) is 0.793. The molecule has 0 saturated carbocycles. The number of nitrogens with one attached hydrogen (secondary N) is 1. The standard InChI is InChI=1S/C14H13N3O2/c1-2-4-12(14(18)19)17-13-10(8-15)7-9-5-3-6-11(9)16-13/h1,7,12H,3-6H2,(H,16,17)(H,18,19). The first-order valence-electron chi connectivity index (χ1n) is 6.01. The van der Waals surface area contributed by atoms with E-state index < -0.39 is 12.0 Å². The average molecular weight is 255 g/mol. The molecule has 1 atom stereocenters. The molecule has 5 heteroatoms. The van der Waals surface area contributed by atoms with Crippen LogP contribution < -0.4 is 5.32 Å². The Labute approximate surface area is 111 Å². The predicted octanol–water partition coefficient (Wildman–Crippen LogP) is 1.33. The number of fused-ring (bicyclic) bond motifs is 1. The highest BCUT2D eigenvalue weighted by Gasteiger charge is 2.21. The van der Waals surface area contributed by atoms with Crippen molar-refractivity contribution in [2.24, 2.45) is 0 Å². The number of carbonyl (C=O) groups is 1. The van der Waals surface area contributed by atoms with Gasteiger partial charge in [0.2, 0.25) is 0 Å². The summed E-state index contributed by atoms with van der Waals surface area (Å²) in [6, 6.07) is 2.90. The number of terminal acetylenes is 1. The van der Waals surface area contributed by atoms with Crippen LogP contribution in [0.4, 0.5) is 5.82 Å². The summed E-state index contributed by atoms with van der Waals surface area (Å²) in [4.78, 5) is 15.4. The Balaban J connectivity index is 2.32. The van der Waals surface area contributed by atoms with Gasteiger partial charge in [-0.05, 0) is 30.9 Å². The number of nitrogens with zero attached hydrogens (tertiary/aromatic N) is 2. The maximum atomic E-state index is 11.1. The number of anilines is 1. The Kier molecular flexibility index (Phi) is 3.68. The number of carboxylic acids is 1. The van der Waals surface area contributed by atoms with Gasteiger partial charge in [0.1, 0.15) is 17.9 Å². The summed E-state index contributed by atoms with van der Waals surface area (Å²) >= 11 is 0. The maximum Gasteiger partial charge on any atom is 0.327 e.